The molecule has 0 radical (unpaired) electrons. The molecule has 2 heterocycles. The Balaban J connectivity index is 1.50. The Morgan fingerprint density at radius 1 is 1.19 bits per heavy atom. The van der Waals surface area contributed by atoms with Crippen molar-refractivity contribution in [1.29, 1.82) is 0 Å². The van der Waals surface area contributed by atoms with E-state index in [-0.39, 0.29) is 11.6 Å². The summed E-state index contributed by atoms with van der Waals surface area (Å²) in [6.07, 6.45) is 2.93. The number of carbonyl (C=O) groups excluding carboxylic acids is 1. The van der Waals surface area contributed by atoms with Crippen LogP contribution in [0.3, 0.4) is 0 Å². The van der Waals surface area contributed by atoms with Gasteiger partial charge in [-0.15, -0.1) is 11.3 Å². The topological polar surface area (TPSA) is 103 Å². The summed E-state index contributed by atoms with van der Waals surface area (Å²) in [7, 11) is 0. The van der Waals surface area contributed by atoms with E-state index in [2.05, 4.69) is 15.4 Å². The number of nitro groups is 1. The molecule has 0 unspecified atom stereocenters. The lowest BCUT2D eigenvalue weighted by Gasteiger charge is -2.04. The van der Waals surface area contributed by atoms with Crippen molar-refractivity contribution in [2.45, 2.75) is 6.92 Å². The number of rotatable bonds is 6. The molecule has 0 bridgehead atoms. The second kappa shape index (κ2) is 9.13. The SMILES string of the molecule is Cc1cc(NC(=O)/C=C/c2ccc([N+](=O)[O-])cc2)n(-c2nc(-c3ccc(Cl)cc3)cs2)n1. The third-order valence-electron chi connectivity index (χ3n) is 4.43. The predicted octanol–water partition coefficient (Wildman–Crippen LogP) is 5.52. The number of thiazole rings is 1. The summed E-state index contributed by atoms with van der Waals surface area (Å²) in [6, 6.07) is 15.1. The summed E-state index contributed by atoms with van der Waals surface area (Å²) < 4.78 is 1.58. The maximum atomic E-state index is 12.4. The zero-order valence-corrected chi connectivity index (χ0v) is 18.3. The standard InChI is InChI=1S/C22H16ClN5O3S/c1-14-12-20(25-21(29)11-4-15-2-9-18(10-3-15)28(30)31)27(26-14)22-24-19(13-32-22)16-5-7-17(23)8-6-16/h2-13H,1H3,(H,25,29)/b11-4+. The molecule has 1 N–H and O–H groups in total. The Labute approximate surface area is 192 Å². The number of nitrogens with one attached hydrogen (secondary N) is 1. The van der Waals surface area contributed by atoms with E-state index < -0.39 is 4.92 Å². The number of hydrogen-bond acceptors (Lipinski definition) is 6. The zero-order chi connectivity index (χ0) is 22.7. The van der Waals surface area contributed by atoms with E-state index in [1.54, 1.807) is 41.1 Å². The molecule has 1 amide bonds. The summed E-state index contributed by atoms with van der Waals surface area (Å²) in [5, 5.41) is 21.1. The average molecular weight is 466 g/mol. The van der Waals surface area contributed by atoms with Crippen molar-refractivity contribution in [2.24, 2.45) is 0 Å². The lowest BCUT2D eigenvalue weighted by Crippen LogP contribution is -2.12. The van der Waals surface area contributed by atoms with Gasteiger partial charge in [-0.1, -0.05) is 23.7 Å². The molecule has 0 atom stereocenters. The van der Waals surface area contributed by atoms with Gasteiger partial charge in [-0.2, -0.15) is 9.78 Å². The second-order valence-electron chi connectivity index (χ2n) is 6.78. The third kappa shape index (κ3) is 4.90. The van der Waals surface area contributed by atoms with Gasteiger partial charge >= 0.3 is 0 Å². The van der Waals surface area contributed by atoms with E-state index in [1.165, 1.54) is 29.5 Å². The lowest BCUT2D eigenvalue weighted by atomic mass is 10.2. The Morgan fingerprint density at radius 2 is 1.91 bits per heavy atom. The van der Waals surface area contributed by atoms with Gasteiger partial charge < -0.3 is 5.32 Å². The Kier molecular flexibility index (Phi) is 6.11. The first kappa shape index (κ1) is 21.4. The van der Waals surface area contributed by atoms with Crippen molar-refractivity contribution in [3.05, 3.63) is 92.4 Å². The molecule has 2 aromatic carbocycles. The van der Waals surface area contributed by atoms with Crippen molar-refractivity contribution >= 4 is 46.4 Å². The molecule has 4 rings (SSSR count). The molecule has 0 spiro atoms. The molecule has 0 saturated heterocycles. The molecule has 0 aliphatic heterocycles. The molecular formula is C22H16ClN5O3S. The van der Waals surface area contributed by atoms with Crippen LogP contribution in [0.4, 0.5) is 11.5 Å². The molecule has 0 saturated carbocycles. The van der Waals surface area contributed by atoms with Crippen LogP contribution in [0.25, 0.3) is 22.5 Å². The van der Waals surface area contributed by atoms with Gasteiger partial charge in [-0.25, -0.2) is 4.98 Å². The number of amides is 1. The third-order valence-corrected chi connectivity index (χ3v) is 5.50. The van der Waals surface area contributed by atoms with Crippen LogP contribution in [0.2, 0.25) is 5.02 Å². The number of anilines is 1. The molecule has 8 nitrogen and oxygen atoms in total. The van der Waals surface area contributed by atoms with Crippen LogP contribution in [-0.4, -0.2) is 25.6 Å². The van der Waals surface area contributed by atoms with E-state index in [9.17, 15) is 14.9 Å². The number of carbonyl (C=O) groups is 1. The van der Waals surface area contributed by atoms with Crippen LogP contribution in [0.15, 0.2) is 66.1 Å². The van der Waals surface area contributed by atoms with Crippen LogP contribution < -0.4 is 5.32 Å². The number of non-ortho nitro benzene ring substituents is 1. The minimum Gasteiger partial charge on any atom is -0.307 e. The van der Waals surface area contributed by atoms with Gasteiger partial charge in [0, 0.05) is 40.2 Å². The number of nitrogens with zero attached hydrogens (tertiary/aromatic N) is 4. The van der Waals surface area contributed by atoms with Crippen molar-refractivity contribution in [2.75, 3.05) is 5.32 Å². The van der Waals surface area contributed by atoms with Crippen molar-refractivity contribution in [3.8, 4) is 16.4 Å². The van der Waals surface area contributed by atoms with E-state index >= 15 is 0 Å². The van der Waals surface area contributed by atoms with Gasteiger partial charge in [-0.05, 0) is 42.8 Å². The first-order valence-corrected chi connectivity index (χ1v) is 10.7. The first-order chi connectivity index (χ1) is 15.4. The maximum absolute atomic E-state index is 12.4. The van der Waals surface area contributed by atoms with Crippen LogP contribution in [0, 0.1) is 17.0 Å². The minimum atomic E-state index is -0.472. The fraction of sp³-hybridized carbons (Fsp3) is 0.0455. The van der Waals surface area contributed by atoms with E-state index in [1.807, 2.05) is 24.4 Å². The first-order valence-electron chi connectivity index (χ1n) is 9.41. The molecule has 4 aromatic rings. The molecule has 2 aromatic heterocycles. The fourth-order valence-electron chi connectivity index (χ4n) is 2.90. The highest BCUT2D eigenvalue weighted by atomic mass is 35.5. The number of aromatic nitrogens is 3. The Hall–Kier alpha value is -3.82. The van der Waals surface area contributed by atoms with Gasteiger partial charge in [0.1, 0.15) is 5.82 Å². The Bertz CT molecular complexity index is 1310. The van der Waals surface area contributed by atoms with Crippen molar-refractivity contribution in [3.63, 3.8) is 0 Å². The largest absolute Gasteiger partial charge is 0.307 e. The van der Waals surface area contributed by atoms with Crippen LogP contribution in [0.1, 0.15) is 11.3 Å². The normalized spacial score (nSPS) is 11.1. The average Bonchev–Trinajstić information content (AvgIpc) is 3.40. The van der Waals surface area contributed by atoms with E-state index in [0.717, 1.165) is 17.0 Å². The van der Waals surface area contributed by atoms with Gasteiger partial charge in [0.15, 0.2) is 0 Å². The van der Waals surface area contributed by atoms with E-state index in [4.69, 9.17) is 11.6 Å². The number of aryl methyl sites for hydroxylation is 1. The number of halogens is 1. The highest BCUT2D eigenvalue weighted by Gasteiger charge is 2.14. The minimum absolute atomic E-state index is 0.00704. The van der Waals surface area contributed by atoms with Gasteiger partial charge in [0.25, 0.3) is 5.69 Å². The quantitative estimate of drug-likeness (QED) is 0.229. The number of hydrogen-bond donors (Lipinski definition) is 1. The molecule has 0 aliphatic rings. The summed E-state index contributed by atoms with van der Waals surface area (Å²) in [6.45, 7) is 1.83. The maximum Gasteiger partial charge on any atom is 0.269 e. The van der Waals surface area contributed by atoms with Crippen molar-refractivity contribution < 1.29 is 9.72 Å². The fourth-order valence-corrected chi connectivity index (χ4v) is 3.82. The lowest BCUT2D eigenvalue weighted by molar-refractivity contribution is -0.384. The predicted molar refractivity (Wildman–Crippen MR) is 125 cm³/mol. The molecule has 32 heavy (non-hydrogen) atoms. The summed E-state index contributed by atoms with van der Waals surface area (Å²) in [4.78, 5) is 27.3. The molecule has 0 fully saturated rings. The van der Waals surface area contributed by atoms with Crippen LogP contribution in [0.5, 0.6) is 0 Å². The molecular weight excluding hydrogens is 450 g/mol. The number of benzene rings is 2. The Morgan fingerprint density at radius 3 is 2.59 bits per heavy atom. The monoisotopic (exact) mass is 465 g/mol. The summed E-state index contributed by atoms with van der Waals surface area (Å²) >= 11 is 7.35. The summed E-state index contributed by atoms with van der Waals surface area (Å²) in [5.74, 6) is 0.122. The second-order valence-corrected chi connectivity index (χ2v) is 8.05. The molecule has 160 valence electrons. The summed E-state index contributed by atoms with van der Waals surface area (Å²) in [5.41, 5.74) is 3.10. The van der Waals surface area contributed by atoms with Crippen LogP contribution in [-0.2, 0) is 4.79 Å². The number of nitro benzene ring substituents is 1. The van der Waals surface area contributed by atoms with Gasteiger partial charge in [-0.3, -0.25) is 14.9 Å². The van der Waals surface area contributed by atoms with Crippen LogP contribution >= 0.6 is 22.9 Å². The molecule has 10 heteroatoms. The zero-order valence-electron chi connectivity index (χ0n) is 16.7. The molecule has 0 aliphatic carbocycles. The smallest absolute Gasteiger partial charge is 0.269 e. The van der Waals surface area contributed by atoms with Gasteiger partial charge in [0.2, 0.25) is 11.0 Å². The highest BCUT2D eigenvalue weighted by Crippen LogP contribution is 2.27. The van der Waals surface area contributed by atoms with Gasteiger partial charge in [0.05, 0.1) is 16.3 Å². The van der Waals surface area contributed by atoms with E-state index in [0.29, 0.717) is 21.5 Å². The van der Waals surface area contributed by atoms with Crippen molar-refractivity contribution in [1.82, 2.24) is 14.8 Å². The highest BCUT2D eigenvalue weighted by molar-refractivity contribution is 7.12.